The zero-order valence-electron chi connectivity index (χ0n) is 14.1. The third-order valence-electron chi connectivity index (χ3n) is 3.89. The van der Waals surface area contributed by atoms with Crippen molar-refractivity contribution in [3.63, 3.8) is 0 Å². The highest BCUT2D eigenvalue weighted by molar-refractivity contribution is 8.13. The van der Waals surface area contributed by atoms with Crippen LogP contribution in [-0.4, -0.2) is 18.3 Å². The van der Waals surface area contributed by atoms with E-state index in [-0.39, 0.29) is 5.12 Å². The quantitative estimate of drug-likeness (QED) is 0.652. The van der Waals surface area contributed by atoms with E-state index in [9.17, 15) is 9.90 Å². The first-order valence-electron chi connectivity index (χ1n) is 7.85. The fourth-order valence-electron chi connectivity index (χ4n) is 2.53. The number of hydrogen-bond donors (Lipinski definition) is 1. The number of aliphatic hydroxyl groups is 1. The Morgan fingerprint density at radius 3 is 2.17 bits per heavy atom. The van der Waals surface area contributed by atoms with Crippen LogP contribution >= 0.6 is 11.8 Å². The lowest BCUT2D eigenvalue weighted by Crippen LogP contribution is -2.41. The predicted molar refractivity (Wildman–Crippen MR) is 101 cm³/mol. The minimum atomic E-state index is -1.57. The Morgan fingerprint density at radius 1 is 1.00 bits per heavy atom. The fraction of sp³-hybridized carbons (Fsp3) is 0.316. The van der Waals surface area contributed by atoms with Crippen molar-refractivity contribution in [3.05, 3.63) is 60.2 Å². The van der Waals surface area contributed by atoms with E-state index in [0.717, 1.165) is 10.5 Å². The van der Waals surface area contributed by atoms with Crippen LogP contribution in [0.5, 0.6) is 0 Å². The van der Waals surface area contributed by atoms with Crippen molar-refractivity contribution in [1.29, 1.82) is 0 Å². The molecule has 2 rings (SSSR count). The number of carbonyl (C=O) groups excluding carboxylic acids is 1. The summed E-state index contributed by atoms with van der Waals surface area (Å²) in [5.74, 6) is -0.447. The summed E-state index contributed by atoms with van der Waals surface area (Å²) in [5, 5.41) is 12.0. The topological polar surface area (TPSA) is 37.3 Å². The molecular weight excluding hydrogens is 320 g/mol. The summed E-state index contributed by atoms with van der Waals surface area (Å²) in [6, 6.07) is 17.6. The van der Waals surface area contributed by atoms with Crippen molar-refractivity contribution < 1.29 is 9.90 Å². The summed E-state index contributed by atoms with van der Waals surface area (Å²) in [5.41, 5.74) is 0.904. The van der Waals surface area contributed by atoms with Crippen molar-refractivity contribution in [2.24, 2.45) is 5.92 Å². The summed E-state index contributed by atoms with van der Waals surface area (Å²) >= 11 is 1.20. The minimum Gasteiger partial charge on any atom is -0.388 e. The second-order valence-electron chi connectivity index (χ2n) is 6.80. The second kappa shape index (κ2) is 7.47. The molecule has 0 fully saturated rings. The van der Waals surface area contributed by atoms with Gasteiger partial charge >= 0.3 is 0 Å². The second-order valence-corrected chi connectivity index (χ2v) is 12.9. The van der Waals surface area contributed by atoms with Gasteiger partial charge in [-0.3, -0.25) is 4.79 Å². The molecule has 0 aliphatic rings. The van der Waals surface area contributed by atoms with Gasteiger partial charge in [0, 0.05) is 4.90 Å². The number of aliphatic hydroxyl groups excluding tert-OH is 1. The lowest BCUT2D eigenvalue weighted by Gasteiger charge is -2.26. The van der Waals surface area contributed by atoms with Gasteiger partial charge in [-0.05, 0) is 17.7 Å². The van der Waals surface area contributed by atoms with Gasteiger partial charge < -0.3 is 5.11 Å². The van der Waals surface area contributed by atoms with Crippen LogP contribution in [0.3, 0.4) is 0 Å². The molecule has 23 heavy (non-hydrogen) atoms. The molecule has 2 nitrogen and oxygen atoms in total. The van der Waals surface area contributed by atoms with Crippen LogP contribution < -0.4 is 5.19 Å². The van der Waals surface area contributed by atoms with Gasteiger partial charge in [0.15, 0.2) is 5.12 Å². The van der Waals surface area contributed by atoms with Crippen LogP contribution in [0.1, 0.15) is 18.6 Å². The van der Waals surface area contributed by atoms with E-state index < -0.39 is 20.1 Å². The Hall–Kier alpha value is -1.36. The molecule has 0 aliphatic carbocycles. The van der Waals surface area contributed by atoms with Crippen LogP contribution in [0.25, 0.3) is 0 Å². The van der Waals surface area contributed by atoms with Crippen LogP contribution in [0, 0.1) is 5.92 Å². The van der Waals surface area contributed by atoms with E-state index >= 15 is 0 Å². The third kappa shape index (κ3) is 4.56. The van der Waals surface area contributed by atoms with Crippen LogP contribution in [0.4, 0.5) is 0 Å². The van der Waals surface area contributed by atoms with Gasteiger partial charge in [0.2, 0.25) is 0 Å². The monoisotopic (exact) mass is 344 g/mol. The number of carbonyl (C=O) groups is 1. The van der Waals surface area contributed by atoms with Gasteiger partial charge in [-0.1, -0.05) is 86.0 Å². The molecule has 0 unspecified atom stereocenters. The molecule has 2 aromatic carbocycles. The first-order chi connectivity index (χ1) is 10.8. The van der Waals surface area contributed by atoms with Gasteiger partial charge in [-0.2, -0.15) is 0 Å². The molecule has 122 valence electrons. The molecule has 0 spiro atoms. The number of rotatable bonds is 5. The largest absolute Gasteiger partial charge is 0.388 e. The van der Waals surface area contributed by atoms with Crippen molar-refractivity contribution in [2.75, 3.05) is 0 Å². The Balaban J connectivity index is 2.20. The van der Waals surface area contributed by atoms with Crippen LogP contribution in [0.2, 0.25) is 19.6 Å². The average Bonchev–Trinajstić information content (AvgIpc) is 2.53. The van der Waals surface area contributed by atoms with Gasteiger partial charge in [-0.15, -0.1) is 0 Å². The fourth-order valence-corrected chi connectivity index (χ4v) is 5.07. The molecule has 0 radical (unpaired) electrons. The normalized spacial score (nSPS) is 14.3. The molecule has 2 aromatic rings. The molecule has 0 amide bonds. The zero-order valence-corrected chi connectivity index (χ0v) is 15.9. The lowest BCUT2D eigenvalue weighted by atomic mass is 9.98. The molecule has 0 aromatic heterocycles. The Labute approximate surface area is 144 Å². The average molecular weight is 345 g/mol. The van der Waals surface area contributed by atoms with E-state index in [1.165, 1.54) is 16.9 Å². The molecule has 0 bridgehead atoms. The first kappa shape index (κ1) is 18.0. The molecule has 2 atom stereocenters. The van der Waals surface area contributed by atoms with E-state index in [4.69, 9.17) is 0 Å². The predicted octanol–water partition coefficient (Wildman–Crippen LogP) is 4.22. The molecule has 0 aliphatic heterocycles. The molecular formula is C19H24O2SSi. The lowest BCUT2D eigenvalue weighted by molar-refractivity contribution is -0.117. The standard InChI is InChI=1S/C19H24O2SSi/c1-14(19(21)22-15-10-6-5-7-11-15)18(20)16-12-8-9-13-17(16)23(2,3)4/h5-14,18,20H,1-4H3/t14-,18+/m0/s1. The van der Waals surface area contributed by atoms with E-state index in [2.05, 4.69) is 25.7 Å². The van der Waals surface area contributed by atoms with Crippen LogP contribution in [0.15, 0.2) is 59.5 Å². The number of thioether (sulfide) groups is 1. The Bertz CT molecular complexity index is 665. The Morgan fingerprint density at radius 2 is 1.57 bits per heavy atom. The van der Waals surface area contributed by atoms with Crippen molar-refractivity contribution in [3.8, 4) is 0 Å². The smallest absolute Gasteiger partial charge is 0.199 e. The maximum atomic E-state index is 12.5. The van der Waals surface area contributed by atoms with Gasteiger partial charge in [-0.25, -0.2) is 0 Å². The SMILES string of the molecule is C[C@H](C(=O)Sc1ccccc1)[C@@H](O)c1ccccc1[Si](C)(C)C. The number of benzene rings is 2. The summed E-state index contributed by atoms with van der Waals surface area (Å²) in [6.45, 7) is 8.57. The van der Waals surface area contributed by atoms with E-state index in [0.29, 0.717) is 0 Å². The maximum absolute atomic E-state index is 12.5. The van der Waals surface area contributed by atoms with E-state index in [1.807, 2.05) is 55.5 Å². The van der Waals surface area contributed by atoms with Crippen molar-refractivity contribution >= 4 is 30.1 Å². The summed E-state index contributed by atoms with van der Waals surface area (Å²) in [6.07, 6.45) is -0.762. The molecule has 0 saturated heterocycles. The minimum absolute atomic E-state index is 0.00548. The van der Waals surface area contributed by atoms with Gasteiger partial charge in [0.25, 0.3) is 0 Å². The molecule has 1 N–H and O–H groups in total. The highest BCUT2D eigenvalue weighted by Crippen LogP contribution is 2.30. The molecule has 0 saturated carbocycles. The van der Waals surface area contributed by atoms with Gasteiger partial charge in [0.1, 0.15) is 0 Å². The maximum Gasteiger partial charge on any atom is 0.199 e. The first-order valence-corrected chi connectivity index (χ1v) is 12.2. The summed E-state index contributed by atoms with van der Waals surface area (Å²) in [7, 11) is -1.57. The third-order valence-corrected chi connectivity index (χ3v) is 7.05. The van der Waals surface area contributed by atoms with Gasteiger partial charge in [0.05, 0.1) is 20.1 Å². The molecule has 0 heterocycles. The van der Waals surface area contributed by atoms with E-state index in [1.54, 1.807) is 0 Å². The zero-order chi connectivity index (χ0) is 17.0. The molecule has 4 heteroatoms. The highest BCUT2D eigenvalue weighted by atomic mass is 32.2. The summed E-state index contributed by atoms with van der Waals surface area (Å²) < 4.78 is 0. The number of hydrogen-bond acceptors (Lipinski definition) is 3. The van der Waals surface area contributed by atoms with Crippen LogP contribution in [-0.2, 0) is 4.79 Å². The highest BCUT2D eigenvalue weighted by Gasteiger charge is 2.29. The van der Waals surface area contributed by atoms with Crippen molar-refractivity contribution in [2.45, 2.75) is 37.6 Å². The summed E-state index contributed by atoms with van der Waals surface area (Å²) in [4.78, 5) is 13.4. The Kier molecular flexibility index (Phi) is 5.84. The van der Waals surface area contributed by atoms with Crippen molar-refractivity contribution in [1.82, 2.24) is 0 Å².